The highest BCUT2D eigenvalue weighted by Crippen LogP contribution is 2.28. The van der Waals surface area contributed by atoms with Gasteiger partial charge in [0.2, 0.25) is 29.5 Å². The first kappa shape index (κ1) is 41.8. The lowest BCUT2D eigenvalue weighted by Crippen LogP contribution is -2.57. The van der Waals surface area contributed by atoms with Crippen molar-refractivity contribution in [3.05, 3.63) is 53.6 Å². The van der Waals surface area contributed by atoms with Crippen molar-refractivity contribution in [2.75, 3.05) is 32.7 Å². The van der Waals surface area contributed by atoms with Gasteiger partial charge >= 0.3 is 0 Å². The van der Waals surface area contributed by atoms with Crippen LogP contribution in [0.25, 0.3) is 11.1 Å². The molecule has 5 amide bonds. The van der Waals surface area contributed by atoms with E-state index < -0.39 is 59.9 Å². The van der Waals surface area contributed by atoms with E-state index in [1.807, 2.05) is 12.1 Å². The number of nitrogens with one attached hydrogen (secondary N) is 5. The van der Waals surface area contributed by atoms with Gasteiger partial charge in [0, 0.05) is 52.0 Å². The first-order valence-corrected chi connectivity index (χ1v) is 17.5. The Hall–Kier alpha value is -4.65. The molecule has 52 heavy (non-hydrogen) atoms. The van der Waals surface area contributed by atoms with Crippen molar-refractivity contribution in [3.63, 3.8) is 0 Å². The lowest BCUT2D eigenvalue weighted by molar-refractivity contribution is -0.133. The molecule has 17 heteroatoms. The number of aliphatic hydroxyl groups excluding tert-OH is 1. The summed E-state index contributed by atoms with van der Waals surface area (Å²) in [6.07, 6.45) is 0.372. The van der Waals surface area contributed by atoms with Crippen LogP contribution >= 0.6 is 0 Å². The normalized spacial score (nSPS) is 19.5. The van der Waals surface area contributed by atoms with Crippen molar-refractivity contribution in [2.45, 2.75) is 81.3 Å². The van der Waals surface area contributed by atoms with Crippen LogP contribution in [0.3, 0.4) is 0 Å². The lowest BCUT2D eigenvalue weighted by Gasteiger charge is -2.25. The minimum atomic E-state index is -1.29. The Labute approximate surface area is 303 Å². The van der Waals surface area contributed by atoms with Gasteiger partial charge in [0.1, 0.15) is 17.8 Å². The zero-order chi connectivity index (χ0) is 38.2. The molecule has 0 aliphatic carbocycles. The molecule has 286 valence electrons. The molecule has 17 N–H and O–H groups in total. The Morgan fingerprint density at radius 2 is 1.52 bits per heavy atom. The van der Waals surface area contributed by atoms with E-state index in [9.17, 15) is 34.2 Å². The average Bonchev–Trinajstić information content (AvgIpc) is 3.13. The number of carbonyl (C=O) groups excluding carboxylic acids is 5. The number of aliphatic hydroxyl groups is 1. The molecule has 1 heterocycles. The molecule has 6 atom stereocenters. The van der Waals surface area contributed by atoms with Crippen LogP contribution in [-0.4, -0.2) is 109 Å². The van der Waals surface area contributed by atoms with Crippen LogP contribution in [0.5, 0.6) is 5.75 Å². The van der Waals surface area contributed by atoms with E-state index in [1.54, 1.807) is 24.3 Å². The lowest BCUT2D eigenvalue weighted by atomic mass is 9.96. The summed E-state index contributed by atoms with van der Waals surface area (Å²) >= 11 is 0. The molecule has 0 saturated carbocycles. The maximum atomic E-state index is 13.6. The summed E-state index contributed by atoms with van der Waals surface area (Å²) in [7, 11) is 0. The third kappa shape index (κ3) is 13.2. The minimum absolute atomic E-state index is 0.0176. The molecule has 0 aromatic heterocycles. The summed E-state index contributed by atoms with van der Waals surface area (Å²) in [6, 6.07) is 7.11. The Kier molecular flexibility index (Phi) is 16.9. The zero-order valence-electron chi connectivity index (χ0n) is 29.3. The van der Waals surface area contributed by atoms with Crippen LogP contribution in [0.15, 0.2) is 42.5 Å². The standard InChI is InChI=1S/C35H54N10O7/c36-10-13-43-31(48)25(38)6-1-2-11-41-32(49)26(39)9-12-42-34(51)28-15-20-4-3-5-21(14-20)22-7-8-30(47)23(16-22)17-27(40)33(50)44-29(35(52)45-28)18-24(46)19-37/h3-5,7-8,14,16,24-29,46-47H,1-2,6,9-13,15,17-19,36-40H2,(H,41,49)(H,42,51)(H,43,48)(H,44,50)(H,45,52)/t24-,25+,26+,27+,28+,29+/m1/s1. The molecule has 1 aliphatic rings. The van der Waals surface area contributed by atoms with Gasteiger partial charge in [-0.2, -0.15) is 0 Å². The fraction of sp³-hybridized carbons (Fsp3) is 0.514. The third-order valence-corrected chi connectivity index (χ3v) is 8.71. The molecule has 17 nitrogen and oxygen atoms in total. The van der Waals surface area contributed by atoms with Gasteiger partial charge in [0.05, 0.1) is 24.2 Å². The second-order valence-electron chi connectivity index (χ2n) is 13.0. The second kappa shape index (κ2) is 21.0. The van der Waals surface area contributed by atoms with Gasteiger partial charge in [0.15, 0.2) is 0 Å². The van der Waals surface area contributed by atoms with E-state index in [2.05, 4.69) is 26.6 Å². The number of rotatable bonds is 16. The van der Waals surface area contributed by atoms with Gasteiger partial charge in [0.25, 0.3) is 0 Å². The highest BCUT2D eigenvalue weighted by Gasteiger charge is 2.30. The molecule has 0 unspecified atom stereocenters. The number of phenolic OH excluding ortho intramolecular Hbond substituents is 1. The van der Waals surface area contributed by atoms with Crippen molar-refractivity contribution >= 4 is 29.5 Å². The van der Waals surface area contributed by atoms with Gasteiger partial charge in [-0.1, -0.05) is 30.3 Å². The predicted octanol–water partition coefficient (Wildman–Crippen LogP) is -3.31. The molecule has 0 fully saturated rings. The number of phenols is 1. The van der Waals surface area contributed by atoms with Crippen LogP contribution in [-0.2, 0) is 36.8 Å². The van der Waals surface area contributed by atoms with E-state index in [-0.39, 0.29) is 50.4 Å². The molecule has 2 aromatic rings. The molecule has 3 rings (SSSR count). The summed E-state index contributed by atoms with van der Waals surface area (Å²) in [5, 5.41) is 34.2. The number of nitrogens with two attached hydrogens (primary N) is 5. The highest BCUT2D eigenvalue weighted by atomic mass is 16.3. The van der Waals surface area contributed by atoms with Gasteiger partial charge in [-0.3, -0.25) is 24.0 Å². The number of aromatic hydroxyl groups is 1. The molecule has 4 bridgehead atoms. The van der Waals surface area contributed by atoms with Crippen LogP contribution in [0.2, 0.25) is 0 Å². The number of amides is 5. The number of fused-ring (bicyclic) bond motifs is 5. The van der Waals surface area contributed by atoms with E-state index >= 15 is 0 Å². The Morgan fingerprint density at radius 1 is 0.827 bits per heavy atom. The highest BCUT2D eigenvalue weighted by molar-refractivity contribution is 5.93. The summed E-state index contributed by atoms with van der Waals surface area (Å²) in [5.41, 5.74) is 31.7. The van der Waals surface area contributed by atoms with E-state index in [0.717, 1.165) is 11.1 Å². The topological polar surface area (TPSA) is 316 Å². The quantitative estimate of drug-likeness (QED) is 0.0757. The number of unbranched alkanes of at least 4 members (excludes halogenated alkanes) is 1. The maximum absolute atomic E-state index is 13.6. The Bertz CT molecular complexity index is 1530. The molecule has 0 spiro atoms. The van der Waals surface area contributed by atoms with E-state index in [0.29, 0.717) is 50.0 Å². The number of hydrogen-bond acceptors (Lipinski definition) is 12. The third-order valence-electron chi connectivity index (χ3n) is 8.71. The molecule has 0 radical (unpaired) electrons. The van der Waals surface area contributed by atoms with Crippen LogP contribution in [0, 0.1) is 0 Å². The Morgan fingerprint density at radius 3 is 2.23 bits per heavy atom. The predicted molar refractivity (Wildman–Crippen MR) is 195 cm³/mol. The van der Waals surface area contributed by atoms with Crippen LogP contribution < -0.4 is 55.3 Å². The van der Waals surface area contributed by atoms with Crippen LogP contribution in [0.4, 0.5) is 0 Å². The van der Waals surface area contributed by atoms with Crippen molar-refractivity contribution in [3.8, 4) is 16.9 Å². The fourth-order valence-corrected chi connectivity index (χ4v) is 5.63. The maximum Gasteiger partial charge on any atom is 0.243 e. The minimum Gasteiger partial charge on any atom is -0.508 e. The van der Waals surface area contributed by atoms with E-state index in [1.165, 1.54) is 6.07 Å². The summed E-state index contributed by atoms with van der Waals surface area (Å²) < 4.78 is 0. The van der Waals surface area contributed by atoms with Gasteiger partial charge in [-0.15, -0.1) is 0 Å². The Balaban J connectivity index is 1.68. The summed E-state index contributed by atoms with van der Waals surface area (Å²) in [4.78, 5) is 64.7. The molecule has 2 aromatic carbocycles. The zero-order valence-corrected chi connectivity index (χ0v) is 29.3. The smallest absolute Gasteiger partial charge is 0.243 e. The van der Waals surface area contributed by atoms with Gasteiger partial charge in [-0.05, 0) is 60.1 Å². The number of hydrogen-bond donors (Lipinski definition) is 12. The molecule has 1 aliphatic heterocycles. The first-order valence-electron chi connectivity index (χ1n) is 17.5. The molecular weight excluding hydrogens is 672 g/mol. The van der Waals surface area contributed by atoms with E-state index in [4.69, 9.17) is 28.7 Å². The van der Waals surface area contributed by atoms with Crippen molar-refractivity contribution in [2.24, 2.45) is 28.7 Å². The summed E-state index contributed by atoms with van der Waals surface area (Å²) in [5.74, 6) is -2.73. The number of carbonyl (C=O) groups is 5. The van der Waals surface area contributed by atoms with Crippen molar-refractivity contribution in [1.29, 1.82) is 0 Å². The first-order chi connectivity index (χ1) is 24.8. The largest absolute Gasteiger partial charge is 0.508 e. The monoisotopic (exact) mass is 726 g/mol. The second-order valence-corrected chi connectivity index (χ2v) is 13.0. The summed E-state index contributed by atoms with van der Waals surface area (Å²) in [6.45, 7) is 0.838. The van der Waals surface area contributed by atoms with Crippen LogP contribution in [0.1, 0.15) is 43.2 Å². The van der Waals surface area contributed by atoms with Crippen molar-refractivity contribution < 1.29 is 34.2 Å². The average molecular weight is 727 g/mol. The number of benzene rings is 2. The van der Waals surface area contributed by atoms with Crippen molar-refractivity contribution in [1.82, 2.24) is 26.6 Å². The fourth-order valence-electron chi connectivity index (χ4n) is 5.63. The van der Waals surface area contributed by atoms with Gasteiger partial charge < -0.3 is 65.5 Å². The van der Waals surface area contributed by atoms with Gasteiger partial charge in [-0.25, -0.2) is 0 Å². The molecule has 0 saturated heterocycles. The SMILES string of the molecule is NCCNC(=O)[C@@H](N)CCCCNC(=O)[C@@H](N)CCNC(=O)[C@@H]1Cc2cccc(c2)-c2ccc(O)c(c2)C[C@H](N)C(=O)N[C@@H](C[C@@H](O)CN)C(=O)N1. The molecular formula is C35H54N10O7.